The quantitative estimate of drug-likeness (QED) is 0.406. The number of hydrogen-bond acceptors (Lipinski definition) is 4. The van der Waals surface area contributed by atoms with E-state index in [9.17, 15) is 14.0 Å². The lowest BCUT2D eigenvalue weighted by Crippen LogP contribution is -2.28. The molecule has 0 saturated carbocycles. The first-order valence-electron chi connectivity index (χ1n) is 9.15. The van der Waals surface area contributed by atoms with Crippen molar-refractivity contribution >= 4 is 40.2 Å². The summed E-state index contributed by atoms with van der Waals surface area (Å²) in [6.45, 7) is 0. The van der Waals surface area contributed by atoms with Crippen LogP contribution in [0, 0.1) is 5.82 Å². The average Bonchev–Trinajstić information content (AvgIpc) is 3.47. The summed E-state index contributed by atoms with van der Waals surface area (Å²) in [5, 5.41) is 9.60. The Hall–Kier alpha value is -3.29. The highest BCUT2D eigenvalue weighted by atomic mass is 32.1. The highest BCUT2D eigenvalue weighted by molar-refractivity contribution is 7.12. The van der Waals surface area contributed by atoms with Gasteiger partial charge >= 0.3 is 0 Å². The van der Waals surface area contributed by atoms with Gasteiger partial charge in [0, 0.05) is 16.1 Å². The Kier molecular flexibility index (Phi) is 6.02. The molecule has 0 aliphatic rings. The van der Waals surface area contributed by atoms with Gasteiger partial charge in [-0.3, -0.25) is 9.59 Å². The molecule has 2 aromatic carbocycles. The summed E-state index contributed by atoms with van der Waals surface area (Å²) in [4.78, 5) is 26.6. The van der Waals surface area contributed by atoms with Crippen LogP contribution in [0.15, 0.2) is 83.6 Å². The molecule has 2 aromatic heterocycles. The molecule has 0 aliphatic heterocycles. The van der Waals surface area contributed by atoms with E-state index in [1.165, 1.54) is 34.8 Å². The number of carbonyl (C=O) groups is 2. The number of thiophene rings is 2. The molecular weight excluding hydrogens is 419 g/mol. The molecule has 1 atom stereocenters. The minimum atomic E-state index is -0.378. The minimum Gasteiger partial charge on any atom is -0.340 e. The molecule has 7 heteroatoms. The first kappa shape index (κ1) is 20.0. The molecule has 2 N–H and O–H groups in total. The summed E-state index contributed by atoms with van der Waals surface area (Å²) < 4.78 is 13.3. The van der Waals surface area contributed by atoms with E-state index in [2.05, 4.69) is 10.6 Å². The molecule has 4 nitrogen and oxygen atoms in total. The van der Waals surface area contributed by atoms with Crippen LogP contribution in [0.25, 0.3) is 0 Å². The number of nitrogens with one attached hydrogen (secondary N) is 2. The normalized spacial score (nSPS) is 11.6. The fraction of sp³-hybridized carbons (Fsp3) is 0.0435. The number of carbonyl (C=O) groups excluding carboxylic acids is 2. The summed E-state index contributed by atoms with van der Waals surface area (Å²) >= 11 is 2.88. The predicted octanol–water partition coefficient (Wildman–Crippen LogP) is 5.72. The molecule has 1 unspecified atom stereocenters. The van der Waals surface area contributed by atoms with Crippen LogP contribution in [-0.4, -0.2) is 11.8 Å². The van der Waals surface area contributed by atoms with E-state index in [1.54, 1.807) is 42.5 Å². The molecule has 0 aliphatic carbocycles. The highest BCUT2D eigenvalue weighted by Gasteiger charge is 2.19. The van der Waals surface area contributed by atoms with Gasteiger partial charge in [0.15, 0.2) is 0 Å². The van der Waals surface area contributed by atoms with Gasteiger partial charge in [-0.1, -0.05) is 24.3 Å². The first-order chi connectivity index (χ1) is 14.6. The summed E-state index contributed by atoms with van der Waals surface area (Å²) in [6, 6.07) is 19.8. The Bertz CT molecular complexity index is 1120. The first-order valence-corrected chi connectivity index (χ1v) is 10.9. The molecule has 0 saturated heterocycles. The van der Waals surface area contributed by atoms with Crippen LogP contribution in [0.1, 0.15) is 36.5 Å². The zero-order chi connectivity index (χ0) is 20.9. The zero-order valence-electron chi connectivity index (χ0n) is 15.7. The fourth-order valence-electron chi connectivity index (χ4n) is 2.95. The summed E-state index contributed by atoms with van der Waals surface area (Å²) in [5.74, 6) is -0.764. The van der Waals surface area contributed by atoms with E-state index >= 15 is 0 Å². The van der Waals surface area contributed by atoms with Gasteiger partial charge in [0.25, 0.3) is 11.8 Å². The van der Waals surface area contributed by atoms with E-state index in [-0.39, 0.29) is 23.7 Å². The third-order valence-corrected chi connectivity index (χ3v) is 6.26. The Labute approximate surface area is 181 Å². The lowest BCUT2D eigenvalue weighted by atomic mass is 10.0. The Morgan fingerprint density at radius 3 is 2.13 bits per heavy atom. The van der Waals surface area contributed by atoms with Crippen molar-refractivity contribution in [2.45, 2.75) is 6.04 Å². The van der Waals surface area contributed by atoms with Crippen LogP contribution < -0.4 is 10.6 Å². The average molecular weight is 437 g/mol. The highest BCUT2D eigenvalue weighted by Crippen LogP contribution is 2.27. The summed E-state index contributed by atoms with van der Waals surface area (Å²) in [6.07, 6.45) is 0. The lowest BCUT2D eigenvalue weighted by Gasteiger charge is -2.18. The van der Waals surface area contributed by atoms with Gasteiger partial charge in [-0.15, -0.1) is 22.7 Å². The van der Waals surface area contributed by atoms with Gasteiger partial charge in [-0.05, 0) is 64.9 Å². The number of rotatable bonds is 6. The lowest BCUT2D eigenvalue weighted by molar-refractivity contribution is 0.0943. The van der Waals surface area contributed by atoms with Gasteiger partial charge in [0.2, 0.25) is 0 Å². The van der Waals surface area contributed by atoms with Gasteiger partial charge in [0.05, 0.1) is 10.9 Å². The van der Waals surface area contributed by atoms with Crippen molar-refractivity contribution in [1.82, 2.24) is 5.32 Å². The molecule has 4 rings (SSSR count). The third-order valence-electron chi connectivity index (χ3n) is 4.46. The molecule has 2 amide bonds. The number of amides is 2. The topological polar surface area (TPSA) is 58.2 Å². The van der Waals surface area contributed by atoms with Crippen molar-refractivity contribution in [2.24, 2.45) is 0 Å². The maximum absolute atomic E-state index is 13.3. The number of hydrogen-bond donors (Lipinski definition) is 2. The van der Waals surface area contributed by atoms with Gasteiger partial charge in [-0.25, -0.2) is 4.39 Å². The van der Waals surface area contributed by atoms with Crippen LogP contribution in [0.4, 0.5) is 10.1 Å². The third kappa shape index (κ3) is 4.64. The maximum Gasteiger partial charge on any atom is 0.265 e. The number of halogens is 1. The van der Waals surface area contributed by atoms with Gasteiger partial charge in [-0.2, -0.15) is 0 Å². The van der Waals surface area contributed by atoms with E-state index in [4.69, 9.17) is 0 Å². The Morgan fingerprint density at radius 1 is 0.800 bits per heavy atom. The van der Waals surface area contributed by atoms with Crippen molar-refractivity contribution < 1.29 is 14.0 Å². The van der Waals surface area contributed by atoms with Crippen molar-refractivity contribution in [3.63, 3.8) is 0 Å². The molecule has 4 aromatic rings. The van der Waals surface area contributed by atoms with Crippen LogP contribution in [-0.2, 0) is 0 Å². The van der Waals surface area contributed by atoms with Gasteiger partial charge < -0.3 is 10.6 Å². The second kappa shape index (κ2) is 9.02. The zero-order valence-corrected chi connectivity index (χ0v) is 17.3. The predicted molar refractivity (Wildman–Crippen MR) is 119 cm³/mol. The van der Waals surface area contributed by atoms with Crippen LogP contribution >= 0.6 is 22.7 Å². The fourth-order valence-corrected chi connectivity index (χ4v) is 4.37. The Balaban J connectivity index is 1.48. The smallest absolute Gasteiger partial charge is 0.265 e. The van der Waals surface area contributed by atoms with Crippen molar-refractivity contribution in [2.75, 3.05) is 5.32 Å². The summed E-state index contributed by atoms with van der Waals surface area (Å²) in [5.41, 5.74) is 1.87. The second-order valence-corrected chi connectivity index (χ2v) is 8.41. The molecular formula is C23H17FN2O2S2. The number of anilines is 1. The van der Waals surface area contributed by atoms with E-state index < -0.39 is 0 Å². The van der Waals surface area contributed by atoms with Crippen molar-refractivity contribution in [3.8, 4) is 0 Å². The van der Waals surface area contributed by atoms with E-state index in [1.807, 2.05) is 29.0 Å². The Morgan fingerprint density at radius 2 is 1.50 bits per heavy atom. The molecule has 30 heavy (non-hydrogen) atoms. The largest absolute Gasteiger partial charge is 0.340 e. The van der Waals surface area contributed by atoms with Crippen molar-refractivity contribution in [3.05, 3.63) is 110 Å². The molecule has 2 heterocycles. The van der Waals surface area contributed by atoms with Gasteiger partial charge in [0.1, 0.15) is 5.82 Å². The molecule has 0 fully saturated rings. The van der Waals surface area contributed by atoms with E-state index in [0.29, 0.717) is 16.1 Å². The molecule has 0 spiro atoms. The molecule has 150 valence electrons. The summed E-state index contributed by atoms with van der Waals surface area (Å²) in [7, 11) is 0. The molecule has 0 radical (unpaired) electrons. The molecule has 0 bridgehead atoms. The minimum absolute atomic E-state index is 0.184. The van der Waals surface area contributed by atoms with Crippen LogP contribution in [0.3, 0.4) is 0 Å². The SMILES string of the molecule is O=C(NC(c1ccc(F)cc1)c1cccs1)c1ccc(NC(=O)c2cccs2)cc1. The second-order valence-electron chi connectivity index (χ2n) is 6.48. The van der Waals surface area contributed by atoms with E-state index in [0.717, 1.165) is 10.4 Å². The number of benzene rings is 2. The van der Waals surface area contributed by atoms with Crippen LogP contribution in [0.2, 0.25) is 0 Å². The maximum atomic E-state index is 13.3. The standard InChI is InChI=1S/C23H17FN2O2S2/c24-17-9-5-15(6-10-17)21(19-3-1-13-29-19)26-22(27)16-7-11-18(12-8-16)25-23(28)20-4-2-14-30-20/h1-14,21H,(H,25,28)(H,26,27). The monoisotopic (exact) mass is 436 g/mol. The van der Waals surface area contributed by atoms with Crippen molar-refractivity contribution in [1.29, 1.82) is 0 Å². The van der Waals surface area contributed by atoms with Crippen LogP contribution in [0.5, 0.6) is 0 Å².